The largest absolute Gasteiger partial charge is 0.304 e. The minimum atomic E-state index is -0.224. The molecule has 0 unspecified atom stereocenters. The van der Waals surface area contributed by atoms with Crippen molar-refractivity contribution in [2.24, 2.45) is 0 Å². The molecule has 3 aromatic rings. The SMILES string of the molecule is Cc1ccnc(-c2[c-]ccc(-c3ccc(F)cc3)c2)c1C.[Ir]. The molecule has 3 heteroatoms. The molecule has 0 fully saturated rings. The van der Waals surface area contributed by atoms with Gasteiger partial charge in [0.15, 0.2) is 0 Å². The fourth-order valence-corrected chi connectivity index (χ4v) is 2.33. The Morgan fingerprint density at radius 1 is 0.955 bits per heavy atom. The van der Waals surface area contributed by atoms with Gasteiger partial charge in [-0.3, -0.25) is 0 Å². The molecule has 113 valence electrons. The summed E-state index contributed by atoms with van der Waals surface area (Å²) in [5, 5.41) is 0. The Bertz CT molecular complexity index is 782. The van der Waals surface area contributed by atoms with Crippen LogP contribution in [0.2, 0.25) is 0 Å². The van der Waals surface area contributed by atoms with Crippen molar-refractivity contribution in [3.05, 3.63) is 77.7 Å². The summed E-state index contributed by atoms with van der Waals surface area (Å²) >= 11 is 0. The standard InChI is InChI=1S/C19H15FN.Ir/c1-13-10-11-21-19(14(13)2)17-5-3-4-16(12-17)15-6-8-18(20)9-7-15;/h3-4,6-12H,1-2H3;/q-1;. The van der Waals surface area contributed by atoms with Crippen LogP contribution in [-0.2, 0) is 20.1 Å². The Balaban J connectivity index is 0.00000176. The minimum absolute atomic E-state index is 0. The summed E-state index contributed by atoms with van der Waals surface area (Å²) in [6.45, 7) is 4.14. The normalized spacial score (nSPS) is 10.1. The van der Waals surface area contributed by atoms with Crippen LogP contribution in [0.5, 0.6) is 0 Å². The first-order chi connectivity index (χ1) is 10.1. The molecule has 2 aromatic carbocycles. The van der Waals surface area contributed by atoms with E-state index in [4.69, 9.17) is 0 Å². The van der Waals surface area contributed by atoms with Crippen molar-refractivity contribution in [1.82, 2.24) is 4.98 Å². The predicted octanol–water partition coefficient (Wildman–Crippen LogP) is 4.97. The van der Waals surface area contributed by atoms with Gasteiger partial charge in [0.25, 0.3) is 0 Å². The van der Waals surface area contributed by atoms with Gasteiger partial charge in [0, 0.05) is 26.3 Å². The number of pyridine rings is 1. The van der Waals surface area contributed by atoms with E-state index in [0.29, 0.717) is 0 Å². The number of benzene rings is 2. The molecular formula is C19H15FIrN-. The van der Waals surface area contributed by atoms with Crippen molar-refractivity contribution < 1.29 is 24.5 Å². The maximum atomic E-state index is 13.0. The maximum absolute atomic E-state index is 13.0. The third-order valence-electron chi connectivity index (χ3n) is 3.71. The van der Waals surface area contributed by atoms with Crippen LogP contribution < -0.4 is 0 Å². The van der Waals surface area contributed by atoms with E-state index in [1.54, 1.807) is 12.1 Å². The molecule has 0 N–H and O–H groups in total. The average Bonchev–Trinajstić information content (AvgIpc) is 2.51. The van der Waals surface area contributed by atoms with E-state index < -0.39 is 0 Å². The van der Waals surface area contributed by atoms with Gasteiger partial charge in [-0.05, 0) is 43.3 Å². The summed E-state index contributed by atoms with van der Waals surface area (Å²) in [5.41, 5.74) is 6.28. The van der Waals surface area contributed by atoms with E-state index in [2.05, 4.69) is 24.9 Å². The molecule has 0 aliphatic rings. The van der Waals surface area contributed by atoms with Crippen LogP contribution in [0, 0.1) is 25.7 Å². The van der Waals surface area contributed by atoms with Gasteiger partial charge in [-0.25, -0.2) is 4.39 Å². The van der Waals surface area contributed by atoms with Crippen LogP contribution in [0.25, 0.3) is 22.4 Å². The molecule has 22 heavy (non-hydrogen) atoms. The number of aryl methyl sites for hydroxylation is 1. The summed E-state index contributed by atoms with van der Waals surface area (Å²) in [6, 6.07) is 17.7. The maximum Gasteiger partial charge on any atom is 0.123 e. The van der Waals surface area contributed by atoms with E-state index in [9.17, 15) is 4.39 Å². The number of aromatic nitrogens is 1. The Kier molecular flexibility index (Phi) is 5.23. The Morgan fingerprint density at radius 3 is 2.41 bits per heavy atom. The molecular weight excluding hydrogens is 453 g/mol. The van der Waals surface area contributed by atoms with Gasteiger partial charge in [0.2, 0.25) is 0 Å². The van der Waals surface area contributed by atoms with Crippen LogP contribution in [-0.4, -0.2) is 4.98 Å². The first-order valence-electron chi connectivity index (χ1n) is 6.85. The molecule has 0 amide bonds. The molecule has 0 aliphatic carbocycles. The third kappa shape index (κ3) is 3.32. The van der Waals surface area contributed by atoms with E-state index >= 15 is 0 Å². The zero-order valence-electron chi connectivity index (χ0n) is 12.4. The quantitative estimate of drug-likeness (QED) is 0.484. The van der Waals surface area contributed by atoms with Crippen LogP contribution in [0.1, 0.15) is 11.1 Å². The molecule has 0 aliphatic heterocycles. The van der Waals surface area contributed by atoms with E-state index in [0.717, 1.165) is 27.9 Å². The van der Waals surface area contributed by atoms with Gasteiger partial charge in [0.1, 0.15) is 5.82 Å². The summed E-state index contributed by atoms with van der Waals surface area (Å²) < 4.78 is 13.0. The van der Waals surface area contributed by atoms with Gasteiger partial charge >= 0.3 is 0 Å². The molecule has 1 radical (unpaired) electrons. The van der Waals surface area contributed by atoms with Crippen molar-refractivity contribution >= 4 is 0 Å². The average molecular weight is 469 g/mol. The Hall–Kier alpha value is -1.83. The van der Waals surface area contributed by atoms with Crippen molar-refractivity contribution in [2.45, 2.75) is 13.8 Å². The first-order valence-corrected chi connectivity index (χ1v) is 6.85. The molecule has 1 nitrogen and oxygen atoms in total. The Labute approximate surface area is 143 Å². The van der Waals surface area contributed by atoms with Crippen molar-refractivity contribution in [3.8, 4) is 22.4 Å². The second-order valence-electron chi connectivity index (χ2n) is 5.10. The van der Waals surface area contributed by atoms with Crippen molar-refractivity contribution in [1.29, 1.82) is 0 Å². The van der Waals surface area contributed by atoms with Crippen LogP contribution in [0.3, 0.4) is 0 Å². The summed E-state index contributed by atoms with van der Waals surface area (Å²) in [6.07, 6.45) is 1.82. The molecule has 3 rings (SSSR count). The van der Waals surface area contributed by atoms with E-state index in [1.807, 2.05) is 30.5 Å². The molecule has 0 saturated carbocycles. The van der Waals surface area contributed by atoms with Crippen LogP contribution in [0.15, 0.2) is 54.7 Å². The van der Waals surface area contributed by atoms with Gasteiger partial charge in [-0.2, -0.15) is 0 Å². The van der Waals surface area contributed by atoms with Crippen molar-refractivity contribution in [2.75, 3.05) is 0 Å². The first kappa shape index (κ1) is 16.5. The predicted molar refractivity (Wildman–Crippen MR) is 83.4 cm³/mol. The van der Waals surface area contributed by atoms with Crippen LogP contribution >= 0.6 is 0 Å². The molecule has 0 atom stereocenters. The summed E-state index contributed by atoms with van der Waals surface area (Å²) in [7, 11) is 0. The van der Waals surface area contributed by atoms with Crippen LogP contribution in [0.4, 0.5) is 4.39 Å². The van der Waals surface area contributed by atoms with Gasteiger partial charge in [0.05, 0.1) is 0 Å². The topological polar surface area (TPSA) is 12.9 Å². The number of hydrogen-bond donors (Lipinski definition) is 0. The van der Waals surface area contributed by atoms with Crippen molar-refractivity contribution in [3.63, 3.8) is 0 Å². The van der Waals surface area contributed by atoms with Gasteiger partial charge in [-0.15, -0.1) is 35.4 Å². The number of hydrogen-bond acceptors (Lipinski definition) is 1. The molecule has 0 saturated heterocycles. The number of nitrogens with zero attached hydrogens (tertiary/aromatic N) is 1. The molecule has 0 bridgehead atoms. The fourth-order valence-electron chi connectivity index (χ4n) is 2.33. The molecule has 1 heterocycles. The second-order valence-corrected chi connectivity index (χ2v) is 5.10. The Morgan fingerprint density at radius 2 is 1.68 bits per heavy atom. The monoisotopic (exact) mass is 469 g/mol. The summed E-state index contributed by atoms with van der Waals surface area (Å²) in [5.74, 6) is -0.224. The van der Waals surface area contributed by atoms with E-state index in [-0.39, 0.29) is 25.9 Å². The number of rotatable bonds is 2. The van der Waals surface area contributed by atoms with Gasteiger partial charge < -0.3 is 4.98 Å². The zero-order chi connectivity index (χ0) is 14.8. The number of halogens is 1. The smallest absolute Gasteiger partial charge is 0.123 e. The summed E-state index contributed by atoms with van der Waals surface area (Å²) in [4.78, 5) is 4.47. The third-order valence-corrected chi connectivity index (χ3v) is 3.71. The molecule has 1 aromatic heterocycles. The fraction of sp³-hybridized carbons (Fsp3) is 0.105. The minimum Gasteiger partial charge on any atom is -0.304 e. The molecule has 0 spiro atoms. The van der Waals surface area contributed by atoms with E-state index in [1.165, 1.54) is 17.7 Å². The second kappa shape index (κ2) is 6.95. The van der Waals surface area contributed by atoms with Gasteiger partial charge in [-0.1, -0.05) is 23.3 Å². The zero-order valence-corrected chi connectivity index (χ0v) is 14.7.